The molecule has 1 N–H and O–H groups in total. The molecule has 0 aromatic heterocycles. The molecule has 1 saturated carbocycles. The maximum Gasteiger partial charge on any atom is 0.124 e. The molecule has 1 aromatic rings. The Hall–Kier alpha value is -1.02. The molecule has 1 unspecified atom stereocenters. The quantitative estimate of drug-likeness (QED) is 0.875. The van der Waals surface area contributed by atoms with Crippen molar-refractivity contribution in [2.45, 2.75) is 58.6 Å². The van der Waals surface area contributed by atoms with Gasteiger partial charge in [-0.2, -0.15) is 0 Å². The second-order valence-electron chi connectivity index (χ2n) is 6.05. The van der Waals surface area contributed by atoms with Crippen LogP contribution in [-0.2, 0) is 0 Å². The maximum absolute atomic E-state index is 6.27. The first-order valence-electron chi connectivity index (χ1n) is 7.54. The number of ether oxygens (including phenoxy) is 1. The molecule has 1 atom stereocenters. The molecule has 2 heteroatoms. The average molecular weight is 261 g/mol. The number of benzene rings is 1. The lowest BCUT2D eigenvalue weighted by Gasteiger charge is -2.28. The van der Waals surface area contributed by atoms with Crippen molar-refractivity contribution in [2.75, 3.05) is 7.05 Å². The summed E-state index contributed by atoms with van der Waals surface area (Å²) in [6.07, 6.45) is 5.40. The fraction of sp³-hybridized carbons (Fsp3) is 0.647. The van der Waals surface area contributed by atoms with E-state index in [4.69, 9.17) is 4.74 Å². The zero-order valence-corrected chi connectivity index (χ0v) is 12.7. The van der Waals surface area contributed by atoms with Crippen molar-refractivity contribution < 1.29 is 4.74 Å². The van der Waals surface area contributed by atoms with E-state index in [9.17, 15) is 0 Å². The monoisotopic (exact) mass is 261 g/mol. The van der Waals surface area contributed by atoms with E-state index in [0.717, 1.165) is 11.7 Å². The number of rotatable bonds is 4. The van der Waals surface area contributed by atoms with Gasteiger partial charge < -0.3 is 10.1 Å². The van der Waals surface area contributed by atoms with Crippen molar-refractivity contribution in [3.63, 3.8) is 0 Å². The number of aryl methyl sites for hydroxylation is 1. The van der Waals surface area contributed by atoms with Crippen LogP contribution in [-0.4, -0.2) is 13.2 Å². The van der Waals surface area contributed by atoms with Crippen LogP contribution in [0.3, 0.4) is 0 Å². The minimum atomic E-state index is 0.331. The normalized spacial score (nSPS) is 25.1. The highest BCUT2D eigenvalue weighted by atomic mass is 16.5. The highest BCUT2D eigenvalue weighted by Gasteiger charge is 2.21. The van der Waals surface area contributed by atoms with E-state index in [1.54, 1.807) is 0 Å². The van der Waals surface area contributed by atoms with Crippen LogP contribution in [0.1, 0.15) is 56.7 Å². The van der Waals surface area contributed by atoms with Gasteiger partial charge in [0.25, 0.3) is 0 Å². The molecule has 0 bridgehead atoms. The van der Waals surface area contributed by atoms with Gasteiger partial charge in [0.2, 0.25) is 0 Å². The smallest absolute Gasteiger partial charge is 0.124 e. The maximum atomic E-state index is 6.27. The highest BCUT2D eigenvalue weighted by molar-refractivity contribution is 5.39. The van der Waals surface area contributed by atoms with Crippen LogP contribution in [0.4, 0.5) is 0 Å². The van der Waals surface area contributed by atoms with Gasteiger partial charge in [0, 0.05) is 11.6 Å². The molecule has 0 aliphatic heterocycles. The zero-order chi connectivity index (χ0) is 13.8. The van der Waals surface area contributed by atoms with Crippen LogP contribution < -0.4 is 10.1 Å². The SMILES string of the molecule is CNC(C)c1cc(C)ccc1OC1CCC(C)CC1. The van der Waals surface area contributed by atoms with E-state index < -0.39 is 0 Å². The zero-order valence-electron chi connectivity index (χ0n) is 12.7. The summed E-state index contributed by atoms with van der Waals surface area (Å²) in [6.45, 7) is 6.67. The van der Waals surface area contributed by atoms with Gasteiger partial charge in [-0.05, 0) is 58.6 Å². The highest BCUT2D eigenvalue weighted by Crippen LogP contribution is 2.31. The Kier molecular flexibility index (Phi) is 4.87. The van der Waals surface area contributed by atoms with Crippen LogP contribution in [0.5, 0.6) is 5.75 Å². The molecular weight excluding hydrogens is 234 g/mol. The molecular formula is C17H27NO. The lowest BCUT2D eigenvalue weighted by Crippen LogP contribution is -2.24. The molecule has 1 aliphatic carbocycles. The Morgan fingerprint density at radius 3 is 2.53 bits per heavy atom. The molecule has 106 valence electrons. The molecule has 1 aliphatic rings. The van der Waals surface area contributed by atoms with Gasteiger partial charge in [-0.15, -0.1) is 0 Å². The van der Waals surface area contributed by atoms with E-state index >= 15 is 0 Å². The van der Waals surface area contributed by atoms with Crippen molar-refractivity contribution in [1.82, 2.24) is 5.32 Å². The first-order valence-corrected chi connectivity index (χ1v) is 7.54. The summed E-state index contributed by atoms with van der Waals surface area (Å²) in [5, 5.41) is 3.31. The third-order valence-corrected chi connectivity index (χ3v) is 4.32. The molecule has 19 heavy (non-hydrogen) atoms. The second-order valence-corrected chi connectivity index (χ2v) is 6.05. The van der Waals surface area contributed by atoms with Crippen LogP contribution in [0, 0.1) is 12.8 Å². The van der Waals surface area contributed by atoms with E-state index in [1.807, 2.05) is 7.05 Å². The van der Waals surface area contributed by atoms with Gasteiger partial charge in [-0.1, -0.05) is 24.6 Å². The molecule has 1 aromatic carbocycles. The van der Waals surface area contributed by atoms with Crippen LogP contribution in [0.15, 0.2) is 18.2 Å². The molecule has 0 amide bonds. The van der Waals surface area contributed by atoms with E-state index in [0.29, 0.717) is 12.1 Å². The van der Waals surface area contributed by atoms with Gasteiger partial charge in [0.15, 0.2) is 0 Å². The predicted octanol–water partition coefficient (Wildman–Crippen LogP) is 4.23. The molecule has 0 saturated heterocycles. The molecule has 0 heterocycles. The van der Waals surface area contributed by atoms with Crippen molar-refractivity contribution in [1.29, 1.82) is 0 Å². The van der Waals surface area contributed by atoms with Crippen LogP contribution in [0.25, 0.3) is 0 Å². The summed E-state index contributed by atoms with van der Waals surface area (Å²) in [5.74, 6) is 1.93. The van der Waals surface area contributed by atoms with E-state index in [2.05, 4.69) is 44.3 Å². The van der Waals surface area contributed by atoms with E-state index in [-0.39, 0.29) is 0 Å². The molecule has 2 nitrogen and oxygen atoms in total. The van der Waals surface area contributed by atoms with Gasteiger partial charge in [0.05, 0.1) is 6.10 Å². The number of hydrogen-bond donors (Lipinski definition) is 1. The number of nitrogens with one attached hydrogen (secondary N) is 1. The van der Waals surface area contributed by atoms with Crippen LogP contribution >= 0.6 is 0 Å². The minimum Gasteiger partial charge on any atom is -0.490 e. The van der Waals surface area contributed by atoms with Gasteiger partial charge in [-0.3, -0.25) is 0 Å². The van der Waals surface area contributed by atoms with E-state index in [1.165, 1.54) is 36.8 Å². The Morgan fingerprint density at radius 2 is 1.89 bits per heavy atom. The van der Waals surface area contributed by atoms with Crippen molar-refractivity contribution in [3.8, 4) is 5.75 Å². The third-order valence-electron chi connectivity index (χ3n) is 4.32. The van der Waals surface area contributed by atoms with Gasteiger partial charge in [0.1, 0.15) is 5.75 Å². The molecule has 2 rings (SSSR count). The fourth-order valence-corrected chi connectivity index (χ4v) is 2.80. The Labute approximate surface area is 117 Å². The lowest BCUT2D eigenvalue weighted by atomic mass is 9.89. The fourth-order valence-electron chi connectivity index (χ4n) is 2.80. The summed E-state index contributed by atoms with van der Waals surface area (Å²) < 4.78 is 6.27. The standard InChI is InChI=1S/C17H27NO/c1-12-5-8-15(9-6-12)19-17-10-7-13(2)11-16(17)14(3)18-4/h7,10-12,14-15,18H,5-6,8-9H2,1-4H3. The first-order chi connectivity index (χ1) is 9.10. The average Bonchev–Trinajstić information content (AvgIpc) is 2.42. The van der Waals surface area contributed by atoms with Crippen LogP contribution in [0.2, 0.25) is 0 Å². The Balaban J connectivity index is 2.11. The first kappa shape index (κ1) is 14.4. The summed E-state index contributed by atoms with van der Waals surface area (Å²) in [5.41, 5.74) is 2.57. The topological polar surface area (TPSA) is 21.3 Å². The Morgan fingerprint density at radius 1 is 1.21 bits per heavy atom. The summed E-state index contributed by atoms with van der Waals surface area (Å²) in [7, 11) is 2.00. The van der Waals surface area contributed by atoms with Crippen molar-refractivity contribution in [3.05, 3.63) is 29.3 Å². The summed E-state index contributed by atoms with van der Waals surface area (Å²) in [4.78, 5) is 0. The predicted molar refractivity (Wildman–Crippen MR) is 80.7 cm³/mol. The van der Waals surface area contributed by atoms with Gasteiger partial charge >= 0.3 is 0 Å². The second kappa shape index (κ2) is 6.42. The van der Waals surface area contributed by atoms with Crippen molar-refractivity contribution >= 4 is 0 Å². The Bertz CT molecular complexity index is 408. The third kappa shape index (κ3) is 3.73. The largest absolute Gasteiger partial charge is 0.490 e. The lowest BCUT2D eigenvalue weighted by molar-refractivity contribution is 0.133. The molecule has 1 fully saturated rings. The van der Waals surface area contributed by atoms with Crippen molar-refractivity contribution in [2.24, 2.45) is 5.92 Å². The molecule has 0 spiro atoms. The minimum absolute atomic E-state index is 0.331. The molecule has 0 radical (unpaired) electrons. The number of hydrogen-bond acceptors (Lipinski definition) is 2. The van der Waals surface area contributed by atoms with Gasteiger partial charge in [-0.25, -0.2) is 0 Å². The summed E-state index contributed by atoms with van der Waals surface area (Å²) in [6, 6.07) is 6.85. The summed E-state index contributed by atoms with van der Waals surface area (Å²) >= 11 is 0.